The smallest absolute Gasteiger partial charge is 0.309 e. The summed E-state index contributed by atoms with van der Waals surface area (Å²) >= 11 is 14.7. The van der Waals surface area contributed by atoms with Gasteiger partial charge in [-0.1, -0.05) is 50.9 Å². The lowest BCUT2D eigenvalue weighted by Gasteiger charge is -2.34. The summed E-state index contributed by atoms with van der Waals surface area (Å²) in [5.41, 5.74) is -0.600. The molecule has 2 saturated heterocycles. The molecule has 196 valence electrons. The second kappa shape index (κ2) is 11.2. The first-order chi connectivity index (χ1) is 16.2. The number of fused-ring (bicyclic) bond motifs is 1. The first kappa shape index (κ1) is 28.5. The third-order valence-electron chi connectivity index (χ3n) is 7.21. The lowest BCUT2D eigenvalue weighted by molar-refractivity contribution is -0.154. The second-order valence-electron chi connectivity index (χ2n) is 10.4. The van der Waals surface area contributed by atoms with Crippen LogP contribution < -0.4 is 0 Å². The van der Waals surface area contributed by atoms with Gasteiger partial charge in [0.2, 0.25) is 0 Å². The predicted molar refractivity (Wildman–Crippen MR) is 136 cm³/mol. The van der Waals surface area contributed by atoms with E-state index in [1.807, 2.05) is 19.2 Å². The van der Waals surface area contributed by atoms with E-state index in [2.05, 4.69) is 4.98 Å². The van der Waals surface area contributed by atoms with Crippen LogP contribution in [0.3, 0.4) is 0 Å². The zero-order valence-corrected chi connectivity index (χ0v) is 23.1. The molecule has 2 aliphatic rings. The van der Waals surface area contributed by atoms with Crippen molar-refractivity contribution in [1.82, 2.24) is 4.98 Å². The number of alkyl halides is 1. The average Bonchev–Trinajstić information content (AvgIpc) is 3.22. The Bertz CT molecular complexity index is 966. The molecule has 2 aliphatic heterocycles. The van der Waals surface area contributed by atoms with Gasteiger partial charge in [-0.25, -0.2) is 4.98 Å². The molecule has 3 rings (SSSR count). The number of ketones is 1. The topological polar surface area (TPSA) is 109 Å². The number of aliphatic hydroxyl groups excluding tert-OH is 2. The fourth-order valence-electron chi connectivity index (χ4n) is 4.59. The standard InChI is InChI=1S/C25H35Cl2NO6S/c1-13-7-6-8-25(27)20(34-25)10-18(17(26)9-16-12-35-15(3)28-16)33-21(30)11-19(29)24(4,5)23(32)14(2)22(13)31/h9,12-14,18-20,22,29,31H,6-8,10-11H2,1-5H3/b17-9-/t13-,14+,18-,19-,20?,22-,25?/m0/s1. The minimum absolute atomic E-state index is 0.149. The molecule has 1 aromatic heterocycles. The van der Waals surface area contributed by atoms with Gasteiger partial charge in [-0.15, -0.1) is 11.3 Å². The molecule has 0 saturated carbocycles. The van der Waals surface area contributed by atoms with Crippen LogP contribution in [-0.4, -0.2) is 56.4 Å². The fraction of sp³-hybridized carbons (Fsp3) is 0.720. The van der Waals surface area contributed by atoms with Gasteiger partial charge < -0.3 is 19.7 Å². The van der Waals surface area contributed by atoms with Crippen LogP contribution in [0.4, 0.5) is 0 Å². The van der Waals surface area contributed by atoms with Gasteiger partial charge >= 0.3 is 5.97 Å². The number of aryl methyl sites for hydroxylation is 1. The van der Waals surface area contributed by atoms with Crippen LogP contribution >= 0.6 is 34.5 Å². The lowest BCUT2D eigenvalue weighted by atomic mass is 9.73. The molecule has 2 N–H and O–H groups in total. The zero-order valence-electron chi connectivity index (χ0n) is 20.8. The maximum atomic E-state index is 13.2. The maximum Gasteiger partial charge on any atom is 0.309 e. The highest BCUT2D eigenvalue weighted by Crippen LogP contribution is 2.48. The summed E-state index contributed by atoms with van der Waals surface area (Å²) in [4.78, 5) is 30.4. The minimum Gasteiger partial charge on any atom is -0.456 e. The van der Waals surface area contributed by atoms with Crippen LogP contribution in [-0.2, 0) is 19.1 Å². The average molecular weight is 549 g/mol. The number of carbonyl (C=O) groups excluding carboxylic acids is 2. The molecule has 0 radical (unpaired) electrons. The van der Waals surface area contributed by atoms with Gasteiger partial charge in [0.15, 0.2) is 5.06 Å². The molecule has 0 bridgehead atoms. The number of thiazole rings is 1. The first-order valence-electron chi connectivity index (χ1n) is 12.0. The van der Waals surface area contributed by atoms with Crippen LogP contribution in [0.2, 0.25) is 0 Å². The highest BCUT2D eigenvalue weighted by molar-refractivity contribution is 7.09. The van der Waals surface area contributed by atoms with Crippen molar-refractivity contribution in [3.8, 4) is 0 Å². The SMILES string of the molecule is Cc1nc(/C=C(\Cl)[C@@H]2CC3OC3(Cl)CCC[C@H](C)[C@H](O)[C@@H](C)C(=O)C(C)(C)[C@@H](O)CC(=O)O2)cs1. The third kappa shape index (κ3) is 6.84. The highest BCUT2D eigenvalue weighted by Gasteiger charge is 2.56. The van der Waals surface area contributed by atoms with E-state index in [0.717, 1.165) is 5.01 Å². The number of hydrogen-bond acceptors (Lipinski definition) is 8. The minimum atomic E-state index is -1.30. The summed E-state index contributed by atoms with van der Waals surface area (Å²) in [6.07, 6.45) is 0.0301. The number of carbonyl (C=O) groups is 2. The van der Waals surface area contributed by atoms with Crippen molar-refractivity contribution in [2.45, 2.75) is 96.2 Å². The zero-order chi connectivity index (χ0) is 26.1. The van der Waals surface area contributed by atoms with Gasteiger partial charge in [-0.2, -0.15) is 0 Å². The van der Waals surface area contributed by atoms with E-state index < -0.39 is 47.1 Å². The molecule has 0 aliphatic carbocycles. The number of nitrogens with zero attached hydrogens (tertiary/aromatic N) is 1. The van der Waals surface area contributed by atoms with Crippen LogP contribution in [0, 0.1) is 24.2 Å². The molecular weight excluding hydrogens is 513 g/mol. The number of Topliss-reactive ketones (excluding diaryl/α,β-unsaturated/α-hetero) is 1. The lowest BCUT2D eigenvalue weighted by Crippen LogP contribution is -2.45. The molecule has 0 aromatic carbocycles. The van der Waals surface area contributed by atoms with E-state index in [-0.39, 0.29) is 29.3 Å². The van der Waals surface area contributed by atoms with E-state index in [0.29, 0.717) is 25.0 Å². The van der Waals surface area contributed by atoms with Crippen molar-refractivity contribution in [3.63, 3.8) is 0 Å². The molecule has 3 heterocycles. The number of rotatable bonds is 2. The van der Waals surface area contributed by atoms with Crippen LogP contribution in [0.15, 0.2) is 10.4 Å². The van der Waals surface area contributed by atoms with Crippen molar-refractivity contribution < 1.29 is 29.3 Å². The Morgan fingerprint density at radius 1 is 1.29 bits per heavy atom. The largest absolute Gasteiger partial charge is 0.456 e. The van der Waals surface area contributed by atoms with Gasteiger partial charge in [0, 0.05) is 17.7 Å². The van der Waals surface area contributed by atoms with Gasteiger partial charge in [-0.05, 0) is 38.2 Å². The maximum absolute atomic E-state index is 13.2. The predicted octanol–water partition coefficient (Wildman–Crippen LogP) is 4.83. The van der Waals surface area contributed by atoms with E-state index in [4.69, 9.17) is 32.7 Å². The van der Waals surface area contributed by atoms with E-state index in [9.17, 15) is 19.8 Å². The molecule has 35 heavy (non-hydrogen) atoms. The van der Waals surface area contributed by atoms with Crippen LogP contribution in [0.5, 0.6) is 0 Å². The van der Waals surface area contributed by atoms with Crippen molar-refractivity contribution in [2.75, 3.05) is 0 Å². The molecule has 7 atom stereocenters. The molecule has 0 amide bonds. The van der Waals surface area contributed by atoms with Gasteiger partial charge in [0.25, 0.3) is 0 Å². The van der Waals surface area contributed by atoms with Crippen molar-refractivity contribution in [2.24, 2.45) is 17.3 Å². The van der Waals surface area contributed by atoms with Gasteiger partial charge in [0.1, 0.15) is 18.0 Å². The molecule has 7 nitrogen and oxygen atoms in total. The van der Waals surface area contributed by atoms with Crippen LogP contribution in [0.1, 0.15) is 70.5 Å². The summed E-state index contributed by atoms with van der Waals surface area (Å²) < 4.78 is 11.4. The Balaban J connectivity index is 1.85. The van der Waals surface area contributed by atoms with Crippen molar-refractivity contribution in [3.05, 3.63) is 21.1 Å². The molecule has 2 fully saturated rings. The summed E-state index contributed by atoms with van der Waals surface area (Å²) in [5.74, 6) is -1.86. The Hall–Kier alpha value is -1.03. The number of aromatic nitrogens is 1. The number of cyclic esters (lactones) is 1. The molecule has 10 heteroatoms. The Morgan fingerprint density at radius 3 is 2.60 bits per heavy atom. The molecule has 1 aromatic rings. The third-order valence-corrected chi connectivity index (χ3v) is 8.87. The summed E-state index contributed by atoms with van der Waals surface area (Å²) in [7, 11) is 0. The molecule has 0 spiro atoms. The van der Waals surface area contributed by atoms with Crippen molar-refractivity contribution >= 4 is 52.4 Å². The number of aliphatic hydroxyl groups is 2. The van der Waals surface area contributed by atoms with Crippen LogP contribution in [0.25, 0.3) is 6.08 Å². The van der Waals surface area contributed by atoms with E-state index in [1.165, 1.54) is 11.3 Å². The number of ether oxygens (including phenoxy) is 2. The Kier molecular flexibility index (Phi) is 9.09. The Morgan fingerprint density at radius 2 is 1.97 bits per heavy atom. The number of epoxide rings is 1. The van der Waals surface area contributed by atoms with E-state index in [1.54, 1.807) is 26.8 Å². The van der Waals surface area contributed by atoms with Gasteiger partial charge in [-0.3, -0.25) is 9.59 Å². The van der Waals surface area contributed by atoms with Crippen molar-refractivity contribution in [1.29, 1.82) is 0 Å². The molecule has 2 unspecified atom stereocenters. The number of hydrogen-bond donors (Lipinski definition) is 2. The number of esters is 1. The second-order valence-corrected chi connectivity index (χ2v) is 12.5. The normalized spacial score (nSPS) is 37.5. The van der Waals surface area contributed by atoms with E-state index >= 15 is 0 Å². The van der Waals surface area contributed by atoms with Gasteiger partial charge in [0.05, 0.1) is 39.8 Å². The first-order valence-corrected chi connectivity index (χ1v) is 13.6. The Labute approximate surface area is 220 Å². The summed E-state index contributed by atoms with van der Waals surface area (Å²) in [5, 5.41) is 23.7. The highest BCUT2D eigenvalue weighted by atomic mass is 35.5. The summed E-state index contributed by atoms with van der Waals surface area (Å²) in [6.45, 7) is 8.60. The summed E-state index contributed by atoms with van der Waals surface area (Å²) in [6, 6.07) is 0. The molecular formula is C25H35Cl2NO6S. The quantitative estimate of drug-likeness (QED) is 0.310. The number of halogens is 2. The monoisotopic (exact) mass is 547 g/mol. The fourth-order valence-corrected chi connectivity index (χ4v) is 5.74.